The first-order valence-corrected chi connectivity index (χ1v) is 13.1. The van der Waals surface area contributed by atoms with Gasteiger partial charge in [0.25, 0.3) is 0 Å². The summed E-state index contributed by atoms with van der Waals surface area (Å²) in [7, 11) is -3.38. The van der Waals surface area contributed by atoms with Crippen molar-refractivity contribution in [3.8, 4) is 0 Å². The molecule has 5 heteroatoms. The number of aliphatic hydroxyl groups is 1. The van der Waals surface area contributed by atoms with Gasteiger partial charge in [0.15, 0.2) is 0 Å². The predicted octanol–water partition coefficient (Wildman–Crippen LogP) is 4.47. The summed E-state index contributed by atoms with van der Waals surface area (Å²) >= 11 is 0. The Morgan fingerprint density at radius 3 is 1.81 bits per heavy atom. The monoisotopic (exact) mass is 397 g/mol. The lowest BCUT2D eigenvalue weighted by Crippen LogP contribution is -2.54. The molecule has 0 aliphatic heterocycles. The second-order valence-electron chi connectivity index (χ2n) is 10.5. The second kappa shape index (κ2) is 7.28. The van der Waals surface area contributed by atoms with E-state index < -0.39 is 21.5 Å². The normalized spacial score (nSPS) is 37.9. The van der Waals surface area contributed by atoms with Crippen molar-refractivity contribution in [2.45, 2.75) is 116 Å². The van der Waals surface area contributed by atoms with Crippen molar-refractivity contribution in [3.05, 3.63) is 0 Å². The van der Waals surface area contributed by atoms with Crippen molar-refractivity contribution >= 4 is 10.0 Å². The lowest BCUT2D eigenvalue weighted by Gasteiger charge is -2.45. The Labute approximate surface area is 166 Å². The molecular formula is C22H39NO3S. The average Bonchev–Trinajstić information content (AvgIpc) is 2.97. The van der Waals surface area contributed by atoms with Crippen LogP contribution in [0, 0.1) is 16.7 Å². The number of rotatable bonds is 5. The maximum atomic E-state index is 13.9. The van der Waals surface area contributed by atoms with Gasteiger partial charge in [-0.1, -0.05) is 52.4 Å². The van der Waals surface area contributed by atoms with Gasteiger partial charge in [-0.05, 0) is 56.3 Å². The SMILES string of the molecule is CC1(C)C2CCC1(CS(=O)(=O)N(C1CCCCC1)C1CCCCC1)C(O)C2. The fourth-order valence-electron chi connectivity index (χ4n) is 7.20. The molecule has 0 aromatic heterocycles. The van der Waals surface area contributed by atoms with Gasteiger partial charge in [0.05, 0.1) is 11.9 Å². The topological polar surface area (TPSA) is 57.6 Å². The van der Waals surface area contributed by atoms with Crippen LogP contribution in [-0.2, 0) is 10.0 Å². The Kier molecular flexibility index (Phi) is 5.44. The number of hydrogen-bond donors (Lipinski definition) is 1. The first kappa shape index (κ1) is 20.2. The summed E-state index contributed by atoms with van der Waals surface area (Å²) in [5, 5.41) is 10.9. The van der Waals surface area contributed by atoms with Crippen molar-refractivity contribution in [1.82, 2.24) is 4.31 Å². The van der Waals surface area contributed by atoms with Gasteiger partial charge in [-0.15, -0.1) is 0 Å². The number of nitrogens with zero attached hydrogens (tertiary/aromatic N) is 1. The summed E-state index contributed by atoms with van der Waals surface area (Å²) in [6.45, 7) is 4.42. The van der Waals surface area contributed by atoms with Crippen molar-refractivity contribution in [3.63, 3.8) is 0 Å². The molecule has 4 aliphatic rings. The fraction of sp³-hybridized carbons (Fsp3) is 1.00. The van der Waals surface area contributed by atoms with Crippen LogP contribution in [0.2, 0.25) is 0 Å². The van der Waals surface area contributed by atoms with Gasteiger partial charge >= 0.3 is 0 Å². The van der Waals surface area contributed by atoms with E-state index in [-0.39, 0.29) is 23.3 Å². The molecule has 156 valence electrons. The molecule has 0 aromatic carbocycles. The maximum Gasteiger partial charge on any atom is 0.215 e. The molecule has 4 saturated carbocycles. The number of aliphatic hydroxyl groups excluding tert-OH is 1. The largest absolute Gasteiger partial charge is 0.392 e. The van der Waals surface area contributed by atoms with E-state index in [1.807, 2.05) is 4.31 Å². The van der Waals surface area contributed by atoms with Crippen LogP contribution >= 0.6 is 0 Å². The molecule has 4 aliphatic carbocycles. The van der Waals surface area contributed by atoms with Crippen LogP contribution in [0.5, 0.6) is 0 Å². The minimum absolute atomic E-state index is 0.0791. The molecule has 0 amide bonds. The number of sulfonamides is 1. The van der Waals surface area contributed by atoms with Gasteiger partial charge in [0, 0.05) is 17.5 Å². The molecule has 27 heavy (non-hydrogen) atoms. The summed E-state index contributed by atoms with van der Waals surface area (Å²) < 4.78 is 29.8. The highest BCUT2D eigenvalue weighted by Crippen LogP contribution is 2.66. The van der Waals surface area contributed by atoms with Crippen LogP contribution in [0.1, 0.15) is 97.3 Å². The average molecular weight is 398 g/mol. The summed E-state index contributed by atoms with van der Waals surface area (Å²) in [5.74, 6) is 0.637. The van der Waals surface area contributed by atoms with Gasteiger partial charge < -0.3 is 5.11 Å². The fourth-order valence-corrected chi connectivity index (χ4v) is 10.0. The zero-order valence-corrected chi connectivity index (χ0v) is 18.1. The van der Waals surface area contributed by atoms with E-state index in [1.165, 1.54) is 12.8 Å². The quantitative estimate of drug-likeness (QED) is 0.744. The van der Waals surface area contributed by atoms with Crippen molar-refractivity contribution in [1.29, 1.82) is 0 Å². The molecule has 4 fully saturated rings. The van der Waals surface area contributed by atoms with Crippen LogP contribution in [0.3, 0.4) is 0 Å². The highest BCUT2D eigenvalue weighted by atomic mass is 32.2. The van der Waals surface area contributed by atoms with Crippen LogP contribution < -0.4 is 0 Å². The highest BCUT2D eigenvalue weighted by Gasteiger charge is 2.65. The number of hydrogen-bond acceptors (Lipinski definition) is 3. The second-order valence-corrected chi connectivity index (χ2v) is 12.4. The summed E-state index contributed by atoms with van der Waals surface area (Å²) in [4.78, 5) is 0. The maximum absolute atomic E-state index is 13.9. The zero-order valence-electron chi connectivity index (χ0n) is 17.3. The smallest absolute Gasteiger partial charge is 0.215 e. The van der Waals surface area contributed by atoms with E-state index in [4.69, 9.17) is 0 Å². The van der Waals surface area contributed by atoms with E-state index in [1.54, 1.807) is 0 Å². The molecule has 0 spiro atoms. The van der Waals surface area contributed by atoms with E-state index in [2.05, 4.69) is 13.8 Å². The van der Waals surface area contributed by atoms with Crippen LogP contribution in [-0.4, -0.2) is 41.8 Å². The first-order chi connectivity index (χ1) is 12.8. The minimum Gasteiger partial charge on any atom is -0.392 e. The third-order valence-electron chi connectivity index (χ3n) is 9.02. The molecule has 0 saturated heterocycles. The molecule has 4 nitrogen and oxygen atoms in total. The molecule has 4 rings (SSSR count). The summed E-state index contributed by atoms with van der Waals surface area (Å²) in [5.41, 5.74) is -0.525. The lowest BCUT2D eigenvalue weighted by atomic mass is 9.70. The van der Waals surface area contributed by atoms with E-state index >= 15 is 0 Å². The Balaban J connectivity index is 1.64. The molecule has 0 radical (unpaired) electrons. The van der Waals surface area contributed by atoms with Gasteiger partial charge in [0.1, 0.15) is 0 Å². The van der Waals surface area contributed by atoms with Crippen molar-refractivity contribution in [2.24, 2.45) is 16.7 Å². The van der Waals surface area contributed by atoms with Gasteiger partial charge in [0.2, 0.25) is 10.0 Å². The van der Waals surface area contributed by atoms with E-state index in [0.29, 0.717) is 5.92 Å². The third kappa shape index (κ3) is 3.30. The molecule has 0 heterocycles. The molecule has 1 N–H and O–H groups in total. The molecule has 0 aromatic rings. The minimum atomic E-state index is -3.38. The van der Waals surface area contributed by atoms with Crippen LogP contribution in [0.4, 0.5) is 0 Å². The van der Waals surface area contributed by atoms with Crippen LogP contribution in [0.15, 0.2) is 0 Å². The summed E-state index contributed by atoms with van der Waals surface area (Å²) in [6.07, 6.45) is 13.5. The van der Waals surface area contributed by atoms with Gasteiger partial charge in [-0.2, -0.15) is 4.31 Å². The first-order valence-electron chi connectivity index (χ1n) is 11.5. The third-order valence-corrected chi connectivity index (χ3v) is 11.1. The highest BCUT2D eigenvalue weighted by molar-refractivity contribution is 7.89. The lowest BCUT2D eigenvalue weighted by molar-refractivity contribution is 0.0136. The molecule has 3 atom stereocenters. The summed E-state index contributed by atoms with van der Waals surface area (Å²) in [6, 6.07) is 0.393. The van der Waals surface area contributed by atoms with Gasteiger partial charge in [-0.25, -0.2) is 8.42 Å². The molecule has 2 bridgehead atoms. The Bertz CT molecular complexity index is 616. The zero-order chi connectivity index (χ0) is 19.3. The predicted molar refractivity (Wildman–Crippen MR) is 109 cm³/mol. The molecular weight excluding hydrogens is 358 g/mol. The van der Waals surface area contributed by atoms with Crippen molar-refractivity contribution in [2.75, 3.05) is 5.75 Å². The molecule has 3 unspecified atom stereocenters. The Morgan fingerprint density at radius 1 is 0.889 bits per heavy atom. The number of fused-ring (bicyclic) bond motifs is 2. The Hall–Kier alpha value is -0.130. The van der Waals surface area contributed by atoms with E-state index in [9.17, 15) is 13.5 Å². The van der Waals surface area contributed by atoms with Crippen LogP contribution in [0.25, 0.3) is 0 Å². The van der Waals surface area contributed by atoms with Crippen molar-refractivity contribution < 1.29 is 13.5 Å². The Morgan fingerprint density at radius 2 is 1.41 bits per heavy atom. The van der Waals surface area contributed by atoms with E-state index in [0.717, 1.165) is 70.6 Å². The standard InChI is InChI=1S/C22H39NO3S/c1-21(2)17-13-14-22(21,20(24)15-17)16-27(25,26)23(18-9-5-3-6-10-18)19-11-7-4-8-12-19/h17-20,24H,3-16H2,1-2H3. The van der Waals surface area contributed by atoms with Gasteiger partial charge in [-0.3, -0.25) is 0 Å².